The van der Waals surface area contributed by atoms with Crippen LogP contribution in [-0.2, 0) is 54.6 Å². The van der Waals surface area contributed by atoms with Crippen LogP contribution in [0, 0.1) is 0 Å². The zero-order chi connectivity index (χ0) is 68.1. The molecule has 0 aromatic heterocycles. The zero-order valence-electron chi connectivity index (χ0n) is 60.4. The minimum Gasteiger partial charge on any atom is -0.463 e. The minimum atomic E-state index is -2.79. The summed E-state index contributed by atoms with van der Waals surface area (Å²) in [5.74, 6) is -1.04. The lowest BCUT2D eigenvalue weighted by molar-refractivity contribution is -0.139. The molecule has 0 heterocycles. The van der Waals surface area contributed by atoms with Crippen molar-refractivity contribution < 1.29 is 59.4 Å². The molecule has 0 unspecified atom stereocenters. The van der Waals surface area contributed by atoms with Crippen molar-refractivity contribution in [3.05, 3.63) is 48.6 Å². The molecule has 0 saturated carbocycles. The first-order valence-corrected chi connectivity index (χ1v) is 68.3. The molecule has 0 aliphatic carbocycles. The third-order valence-electron chi connectivity index (χ3n) is 14.0. The number of alkyl carbamates (subject to hydrolysis) is 1. The van der Waals surface area contributed by atoms with Gasteiger partial charge in [0.05, 0.1) is 34.4 Å². The van der Waals surface area contributed by atoms with Crippen molar-refractivity contribution in [2.45, 2.75) is 275 Å². The molecule has 0 saturated heterocycles. The number of carbonyl (C=O) groups excluding carboxylic acids is 5. The van der Waals surface area contributed by atoms with Gasteiger partial charge < -0.3 is 46.0 Å². The highest BCUT2D eigenvalue weighted by molar-refractivity contribution is 7.89. The maximum Gasteiger partial charge on any atom is 0.469 e. The van der Waals surface area contributed by atoms with Crippen LogP contribution in [0.3, 0.4) is 0 Å². The van der Waals surface area contributed by atoms with Gasteiger partial charge in [-0.05, 0) is 151 Å². The van der Waals surface area contributed by atoms with Gasteiger partial charge in [-0.25, -0.2) is 19.2 Å². The molecule has 2 N–H and O–H groups in total. The van der Waals surface area contributed by atoms with E-state index in [0.717, 1.165) is 31.4 Å². The van der Waals surface area contributed by atoms with Crippen LogP contribution >= 0.6 is 0 Å². The Labute approximate surface area is 547 Å². The Balaban J connectivity index is -0.000000252. The molecular weight excluding hydrogens is 1280 g/mol. The Hall–Kier alpha value is -1.66. The summed E-state index contributed by atoms with van der Waals surface area (Å²) in [6.45, 7) is 82.7. The number of nitrogens with one attached hydrogen (secondary N) is 2. The van der Waals surface area contributed by atoms with Gasteiger partial charge in [-0.1, -0.05) is 145 Å². The zero-order valence-corrected chi connectivity index (χ0v) is 71.4. The van der Waals surface area contributed by atoms with E-state index in [1.807, 2.05) is 0 Å². The summed E-state index contributed by atoms with van der Waals surface area (Å²) >= 11 is 0. The Kier molecular flexibility index (Phi) is 47.2. The molecule has 0 aliphatic rings. The van der Waals surface area contributed by atoms with E-state index in [2.05, 4.69) is 208 Å². The smallest absolute Gasteiger partial charge is 0.463 e. The largest absolute Gasteiger partial charge is 0.469 e. The Bertz CT molecular complexity index is 2010. The van der Waals surface area contributed by atoms with Crippen molar-refractivity contribution in [2.75, 3.05) is 39.5 Å². The fraction of sp³-hybridized carbons (Fsp3) is 0.787. The van der Waals surface area contributed by atoms with Gasteiger partial charge in [0.25, 0.3) is 0 Å². The van der Waals surface area contributed by atoms with E-state index in [0.29, 0.717) is 48.7 Å². The van der Waals surface area contributed by atoms with Gasteiger partial charge in [-0.2, -0.15) is 0 Å². The maximum absolute atomic E-state index is 11.7. The number of hydrogen-bond acceptors (Lipinski definition) is 13. The Morgan fingerprint density at radius 2 is 0.701 bits per heavy atom. The molecule has 0 aromatic carbocycles. The molecule has 26 heteroatoms. The third kappa shape index (κ3) is 45.3. The third-order valence-corrected chi connectivity index (χ3v) is 113. The molecule has 0 radical (unpaired) electrons. The van der Waals surface area contributed by atoms with Gasteiger partial charge in [-0.15, -0.1) is 0 Å². The van der Waals surface area contributed by atoms with E-state index in [-0.39, 0.29) is 45.9 Å². The van der Waals surface area contributed by atoms with Crippen LogP contribution in [0.5, 0.6) is 0 Å². The van der Waals surface area contributed by atoms with E-state index in [9.17, 15) is 24.0 Å². The van der Waals surface area contributed by atoms with E-state index < -0.39 is 99.9 Å². The predicted molar refractivity (Wildman–Crippen MR) is 405 cm³/mol. The second-order valence-electron chi connectivity index (χ2n) is 30.4. The van der Waals surface area contributed by atoms with Crippen LogP contribution in [0.15, 0.2) is 48.6 Å². The first-order valence-electron chi connectivity index (χ1n) is 31.1. The summed E-state index contributed by atoms with van der Waals surface area (Å²) in [7, 11) is -16.3. The van der Waals surface area contributed by atoms with Crippen LogP contribution in [0.25, 0.3) is 0 Å². The van der Waals surface area contributed by atoms with E-state index in [4.69, 9.17) is 35.4 Å². The summed E-state index contributed by atoms with van der Waals surface area (Å²) in [5, 5.41) is 5.43. The van der Waals surface area contributed by atoms with Gasteiger partial charge >= 0.3 is 32.8 Å². The van der Waals surface area contributed by atoms with Gasteiger partial charge in [0, 0.05) is 64.3 Å². The van der Waals surface area contributed by atoms with Crippen LogP contribution < -0.4 is 10.6 Å². The topological polar surface area (TPSA) is 183 Å². The number of rotatable bonds is 36. The highest BCUT2D eigenvalue weighted by atomic mass is 29.9. The SMILES string of the molecule is C.C.C=C(C)C(=O)NCCC[Si](O[Si](C)(C)C)(O[Si](C)(C)C)O[Si](C)(C)C.C=C(C)C(=O)OCCC[Si](CC)(CC)CC.C=C(C)C(=O)OCCNC(=O)OCCC[Si](C)(C)O[Si](C)(C)C.C=C(C)C(=O)OCC[Si]([Si](C)(C)C)([Si](C)(C)C)[Si](C)(C)C. The first kappa shape index (κ1) is 96.4. The van der Waals surface area contributed by atoms with Crippen molar-refractivity contribution >= 4 is 118 Å². The molecule has 0 fully saturated rings. The summed E-state index contributed by atoms with van der Waals surface area (Å²) < 4.78 is 46.6. The lowest BCUT2D eigenvalue weighted by Gasteiger charge is -2.57. The van der Waals surface area contributed by atoms with Gasteiger partial charge in [0.2, 0.25) is 5.91 Å². The summed E-state index contributed by atoms with van der Waals surface area (Å²) in [6.07, 6.45) is 2.09. The monoisotopic (exact) mass is 1420 g/mol. The highest BCUT2D eigenvalue weighted by Gasteiger charge is 2.61. The van der Waals surface area contributed by atoms with Crippen LogP contribution in [0.4, 0.5) is 4.79 Å². The fourth-order valence-corrected chi connectivity index (χ4v) is 135. The molecule has 2 amide bonds. The fourth-order valence-electron chi connectivity index (χ4n) is 11.2. The molecule has 0 aromatic rings. The van der Waals surface area contributed by atoms with Crippen molar-refractivity contribution in [1.82, 2.24) is 10.6 Å². The van der Waals surface area contributed by atoms with Crippen LogP contribution in [0.1, 0.15) is 82.6 Å². The molecule has 516 valence electrons. The Morgan fingerprint density at radius 3 is 1.02 bits per heavy atom. The van der Waals surface area contributed by atoms with Crippen molar-refractivity contribution in [2.24, 2.45) is 0 Å². The number of carbonyl (C=O) groups is 5. The molecule has 0 rings (SSSR count). The quantitative estimate of drug-likeness (QED) is 0.0199. The number of esters is 3. The minimum absolute atomic E-state index is 0. The summed E-state index contributed by atoms with van der Waals surface area (Å²) in [4.78, 5) is 57.1. The summed E-state index contributed by atoms with van der Waals surface area (Å²) in [5.41, 5.74) is 1.86. The van der Waals surface area contributed by atoms with E-state index in [1.165, 1.54) is 30.2 Å². The molecule has 0 spiro atoms. The van der Waals surface area contributed by atoms with E-state index >= 15 is 0 Å². The first-order chi connectivity index (χ1) is 38.0. The second-order valence-corrected chi connectivity index (χ2v) is 104. The van der Waals surface area contributed by atoms with E-state index in [1.54, 1.807) is 27.7 Å². The molecular formula is C61H140N2O13Si11. The van der Waals surface area contributed by atoms with Gasteiger partial charge in [0.15, 0.2) is 41.6 Å². The Morgan fingerprint density at radius 1 is 0.368 bits per heavy atom. The molecule has 0 atom stereocenters. The van der Waals surface area contributed by atoms with Gasteiger partial charge in [-0.3, -0.25) is 4.79 Å². The van der Waals surface area contributed by atoms with Crippen LogP contribution in [0.2, 0.25) is 193 Å². The molecule has 0 aliphatic heterocycles. The normalized spacial score (nSPS) is 12.5. The average molecular weight is 1420 g/mol. The van der Waals surface area contributed by atoms with Crippen LogP contribution in [-0.4, -0.2) is 157 Å². The number of amides is 2. The lowest BCUT2D eigenvalue weighted by Crippen LogP contribution is -2.82. The average Bonchev–Trinajstić information content (AvgIpc) is 1.25. The second kappa shape index (κ2) is 42.5. The van der Waals surface area contributed by atoms with Crippen molar-refractivity contribution in [3.63, 3.8) is 0 Å². The van der Waals surface area contributed by atoms with Crippen molar-refractivity contribution in [3.8, 4) is 0 Å². The molecule has 15 nitrogen and oxygen atoms in total. The number of hydrogen-bond donors (Lipinski definition) is 2. The highest BCUT2D eigenvalue weighted by Crippen LogP contribution is 2.40. The summed E-state index contributed by atoms with van der Waals surface area (Å²) in [6, 6.07) is 8.17. The van der Waals surface area contributed by atoms with Crippen molar-refractivity contribution in [1.29, 1.82) is 0 Å². The maximum atomic E-state index is 11.7. The van der Waals surface area contributed by atoms with Gasteiger partial charge in [0.1, 0.15) is 6.61 Å². The predicted octanol–water partition coefficient (Wildman–Crippen LogP) is 17.9. The lowest BCUT2D eigenvalue weighted by atomic mass is 10.3. The standard InChI is InChI=1S/C16H39NO4Si4.C15H31NO5Si2.C15H36O2Si4.C13H26O2Si.2CH4/c1-15(2)16(18)17-13-12-14-25(19-22(3,4)5,20-23(6,7)8)21-24(9,10)11;1-13(2)14(17)19-11-9-16-15(18)20-10-8-12-23(6,7)21-22(3,4)5;1-14(2)15(16)17-12-13-21(18(3,4)5,19(6,7)8)20(9,10)11;1-6-16(7-2,8-3)11-9-10-15-13(14)12(4)5;;/h1,12-14H2,2-11H3,(H,17,18);1,8-12H2,2-7H3,(H,16,18);1,12-13H2,2-11H3;4,6-11H2,1-3,5H3;2*1H4. The molecule has 0 bridgehead atoms. The number of ether oxygens (including phenoxy) is 4. The molecule has 87 heavy (non-hydrogen) atoms.